The van der Waals surface area contributed by atoms with E-state index in [4.69, 9.17) is 5.73 Å². The molecular weight excluding hydrogens is 462 g/mol. The average Bonchev–Trinajstić information content (AvgIpc) is 3.75. The fraction of sp³-hybridized carbons (Fsp3) is 0.367. The number of pyridine rings is 1. The van der Waals surface area contributed by atoms with Gasteiger partial charge in [0.05, 0.1) is 16.8 Å². The van der Waals surface area contributed by atoms with Gasteiger partial charge in [0.25, 0.3) is 5.91 Å². The summed E-state index contributed by atoms with van der Waals surface area (Å²) in [5.41, 5.74) is 10.2. The SMILES string of the molecule is CCC(=O)N1CCC(c2ccc(Nc3cc(N(C)C4(c5ccccc5)CC4)c(C(N)=O)cn3)cc2)CC1. The summed E-state index contributed by atoms with van der Waals surface area (Å²) in [6.45, 7) is 3.58. The summed E-state index contributed by atoms with van der Waals surface area (Å²) in [6.07, 6.45) is 6.16. The standard InChI is InChI=1S/C30H35N5O2/c1-3-28(36)35-17-13-22(14-18-35)21-9-11-24(12-10-21)33-27-19-26(25(20-32-27)29(31)37)34(2)30(15-16-30)23-7-5-4-6-8-23/h4-12,19-20,22H,3,13-18H2,1-2H3,(H2,31,37)(H,32,33). The number of carbonyl (C=O) groups is 2. The Morgan fingerprint density at radius 1 is 1.08 bits per heavy atom. The molecular formula is C30H35N5O2. The molecule has 0 radical (unpaired) electrons. The van der Waals surface area contributed by atoms with Gasteiger partial charge in [-0.1, -0.05) is 49.4 Å². The van der Waals surface area contributed by atoms with Crippen LogP contribution in [0, 0.1) is 0 Å². The third kappa shape index (κ3) is 5.03. The highest BCUT2D eigenvalue weighted by atomic mass is 16.2. The molecule has 7 heteroatoms. The van der Waals surface area contributed by atoms with Crippen LogP contribution in [0.5, 0.6) is 0 Å². The van der Waals surface area contributed by atoms with Gasteiger partial charge in [-0.15, -0.1) is 0 Å². The Labute approximate surface area is 218 Å². The number of nitrogens with zero attached hydrogens (tertiary/aromatic N) is 3. The molecule has 7 nitrogen and oxygen atoms in total. The molecule has 0 bridgehead atoms. The van der Waals surface area contributed by atoms with E-state index in [0.717, 1.165) is 50.1 Å². The number of primary amides is 1. The van der Waals surface area contributed by atoms with E-state index in [-0.39, 0.29) is 11.4 Å². The fourth-order valence-corrected chi connectivity index (χ4v) is 5.57. The molecule has 2 heterocycles. The van der Waals surface area contributed by atoms with E-state index < -0.39 is 5.91 Å². The Kier molecular flexibility index (Phi) is 6.87. The maximum Gasteiger partial charge on any atom is 0.252 e. The molecule has 1 aliphatic carbocycles. The largest absolute Gasteiger partial charge is 0.365 e. The van der Waals surface area contributed by atoms with Crippen LogP contribution in [0.2, 0.25) is 0 Å². The second-order valence-electron chi connectivity index (χ2n) is 10.2. The lowest BCUT2D eigenvalue weighted by atomic mass is 9.89. The van der Waals surface area contributed by atoms with Crippen LogP contribution in [0.25, 0.3) is 0 Å². The molecule has 0 atom stereocenters. The van der Waals surface area contributed by atoms with Crippen molar-refractivity contribution < 1.29 is 9.59 Å². The lowest BCUT2D eigenvalue weighted by molar-refractivity contribution is -0.131. The second kappa shape index (κ2) is 10.2. The Bertz CT molecular complexity index is 1260. The Balaban J connectivity index is 1.32. The number of hydrogen-bond donors (Lipinski definition) is 2. The third-order valence-electron chi connectivity index (χ3n) is 7.99. The molecule has 3 aromatic rings. The molecule has 1 aromatic heterocycles. The molecule has 0 spiro atoms. The smallest absolute Gasteiger partial charge is 0.252 e. The summed E-state index contributed by atoms with van der Waals surface area (Å²) in [4.78, 5) is 32.9. The van der Waals surface area contributed by atoms with Gasteiger partial charge in [0.1, 0.15) is 5.82 Å². The Hall–Kier alpha value is -3.87. The molecule has 37 heavy (non-hydrogen) atoms. The summed E-state index contributed by atoms with van der Waals surface area (Å²) >= 11 is 0. The van der Waals surface area contributed by atoms with E-state index in [1.807, 2.05) is 31.0 Å². The van der Waals surface area contributed by atoms with Gasteiger partial charge in [0, 0.05) is 44.5 Å². The monoisotopic (exact) mass is 497 g/mol. The minimum Gasteiger partial charge on any atom is -0.365 e. The number of nitrogens with one attached hydrogen (secondary N) is 1. The number of rotatable bonds is 8. The highest BCUT2D eigenvalue weighted by molar-refractivity contribution is 5.99. The first kappa shape index (κ1) is 24.8. The van der Waals surface area contributed by atoms with Crippen molar-refractivity contribution in [2.75, 3.05) is 30.4 Å². The van der Waals surface area contributed by atoms with E-state index in [1.165, 1.54) is 11.1 Å². The van der Waals surface area contributed by atoms with Crippen LogP contribution < -0.4 is 16.0 Å². The third-order valence-corrected chi connectivity index (χ3v) is 7.99. The van der Waals surface area contributed by atoms with Crippen LogP contribution in [0.15, 0.2) is 66.9 Å². The van der Waals surface area contributed by atoms with Gasteiger partial charge in [-0.05, 0) is 54.9 Å². The summed E-state index contributed by atoms with van der Waals surface area (Å²) in [7, 11) is 2.03. The first-order chi connectivity index (χ1) is 17.9. The van der Waals surface area contributed by atoms with Crippen molar-refractivity contribution in [3.05, 3.63) is 83.6 Å². The molecule has 2 aliphatic rings. The molecule has 2 aromatic carbocycles. The van der Waals surface area contributed by atoms with Crippen LogP contribution in [-0.2, 0) is 10.3 Å². The molecule has 0 unspecified atom stereocenters. The molecule has 2 fully saturated rings. The predicted molar refractivity (Wildman–Crippen MR) is 147 cm³/mol. The zero-order chi connectivity index (χ0) is 26.0. The molecule has 1 saturated carbocycles. The van der Waals surface area contributed by atoms with Crippen molar-refractivity contribution in [1.82, 2.24) is 9.88 Å². The van der Waals surface area contributed by atoms with Crippen LogP contribution in [0.1, 0.15) is 66.4 Å². The normalized spacial score (nSPS) is 16.8. The molecule has 1 saturated heterocycles. The number of hydrogen-bond acceptors (Lipinski definition) is 5. The van der Waals surface area contributed by atoms with Crippen molar-refractivity contribution in [2.45, 2.75) is 50.5 Å². The quantitative estimate of drug-likeness (QED) is 0.448. The maximum atomic E-state index is 12.3. The molecule has 2 amide bonds. The molecule has 192 valence electrons. The van der Waals surface area contributed by atoms with Crippen molar-refractivity contribution >= 4 is 29.0 Å². The van der Waals surface area contributed by atoms with Crippen LogP contribution >= 0.6 is 0 Å². The Morgan fingerprint density at radius 2 is 1.76 bits per heavy atom. The first-order valence-electron chi connectivity index (χ1n) is 13.2. The number of aromatic nitrogens is 1. The number of carbonyl (C=O) groups excluding carboxylic acids is 2. The van der Waals surface area contributed by atoms with Gasteiger partial charge < -0.3 is 20.9 Å². The Morgan fingerprint density at radius 3 is 2.35 bits per heavy atom. The van der Waals surface area contributed by atoms with Gasteiger partial charge in [0.2, 0.25) is 5.91 Å². The van der Waals surface area contributed by atoms with E-state index in [0.29, 0.717) is 23.7 Å². The van der Waals surface area contributed by atoms with Crippen molar-refractivity contribution in [2.24, 2.45) is 5.73 Å². The molecule has 3 N–H and O–H groups in total. The number of nitrogens with two attached hydrogens (primary N) is 1. The molecule has 1 aliphatic heterocycles. The number of likely N-dealkylation sites (tertiary alicyclic amines) is 1. The van der Waals surface area contributed by atoms with Crippen LogP contribution in [0.3, 0.4) is 0 Å². The van der Waals surface area contributed by atoms with E-state index in [1.54, 1.807) is 6.20 Å². The number of amides is 2. The van der Waals surface area contributed by atoms with Gasteiger partial charge >= 0.3 is 0 Å². The van der Waals surface area contributed by atoms with E-state index in [9.17, 15) is 9.59 Å². The summed E-state index contributed by atoms with van der Waals surface area (Å²) < 4.78 is 0. The minimum atomic E-state index is -0.485. The fourth-order valence-electron chi connectivity index (χ4n) is 5.57. The number of piperidine rings is 1. The zero-order valence-corrected chi connectivity index (χ0v) is 21.6. The van der Waals surface area contributed by atoms with Crippen molar-refractivity contribution in [1.29, 1.82) is 0 Å². The summed E-state index contributed by atoms with van der Waals surface area (Å²) in [6, 6.07) is 20.8. The highest BCUT2D eigenvalue weighted by Gasteiger charge is 2.48. The topological polar surface area (TPSA) is 91.6 Å². The summed E-state index contributed by atoms with van der Waals surface area (Å²) in [5, 5.41) is 3.39. The van der Waals surface area contributed by atoms with Crippen LogP contribution in [0.4, 0.5) is 17.2 Å². The second-order valence-corrected chi connectivity index (χ2v) is 10.2. The highest BCUT2D eigenvalue weighted by Crippen LogP contribution is 2.52. The van der Waals surface area contributed by atoms with Crippen LogP contribution in [-0.4, -0.2) is 41.8 Å². The predicted octanol–water partition coefficient (Wildman–Crippen LogP) is 5.17. The lowest BCUT2D eigenvalue weighted by Gasteiger charge is -2.32. The first-order valence-corrected chi connectivity index (χ1v) is 13.2. The van der Waals surface area contributed by atoms with E-state index >= 15 is 0 Å². The maximum absolute atomic E-state index is 12.3. The number of benzene rings is 2. The average molecular weight is 498 g/mol. The van der Waals surface area contributed by atoms with Gasteiger partial charge in [-0.2, -0.15) is 0 Å². The number of anilines is 3. The van der Waals surface area contributed by atoms with Crippen molar-refractivity contribution in [3.8, 4) is 0 Å². The van der Waals surface area contributed by atoms with Gasteiger partial charge in [-0.3, -0.25) is 9.59 Å². The van der Waals surface area contributed by atoms with E-state index in [2.05, 4.69) is 63.7 Å². The zero-order valence-electron chi connectivity index (χ0n) is 21.6. The summed E-state index contributed by atoms with van der Waals surface area (Å²) in [5.74, 6) is 0.890. The minimum absolute atomic E-state index is 0.136. The molecule has 5 rings (SSSR count). The van der Waals surface area contributed by atoms with Crippen molar-refractivity contribution in [3.63, 3.8) is 0 Å². The lowest BCUT2D eigenvalue weighted by Crippen LogP contribution is -2.37. The van der Waals surface area contributed by atoms with Gasteiger partial charge in [-0.25, -0.2) is 4.98 Å². The van der Waals surface area contributed by atoms with Gasteiger partial charge in [0.15, 0.2) is 0 Å².